The molecule has 0 aromatic heterocycles. The maximum absolute atomic E-state index is 13.9. The molecule has 8 heteroatoms. The molecule has 1 aromatic rings. The van der Waals surface area contributed by atoms with Crippen LogP contribution in [0.2, 0.25) is 0 Å². The number of benzene rings is 1. The van der Waals surface area contributed by atoms with E-state index in [1.54, 1.807) is 0 Å². The van der Waals surface area contributed by atoms with Crippen LogP contribution in [0.15, 0.2) is 12.1 Å². The van der Waals surface area contributed by atoms with Crippen LogP contribution < -0.4 is 4.74 Å². The number of hydrogen-bond donors (Lipinski definition) is 1. The molecule has 4 nitrogen and oxygen atoms in total. The number of alkyl halides is 2. The smallest absolute Gasteiger partial charge is 0.387 e. The average Bonchev–Trinajstić information content (AvgIpc) is 2.40. The minimum Gasteiger partial charge on any atom is -0.435 e. The van der Waals surface area contributed by atoms with Crippen LogP contribution >= 0.6 is 0 Å². The highest BCUT2D eigenvalue weighted by Crippen LogP contribution is 2.25. The quantitative estimate of drug-likeness (QED) is 0.870. The van der Waals surface area contributed by atoms with Crippen LogP contribution in [0.3, 0.4) is 0 Å². The fourth-order valence-electron chi connectivity index (χ4n) is 2.32. The third-order valence-corrected chi connectivity index (χ3v) is 3.66. The number of nitrogens with zero attached hydrogens (tertiary/aromatic N) is 1. The van der Waals surface area contributed by atoms with E-state index in [-0.39, 0.29) is 19.0 Å². The molecule has 1 N–H and O–H groups in total. The van der Waals surface area contributed by atoms with Crippen molar-refractivity contribution in [3.8, 4) is 5.75 Å². The SMILES string of the molecule is CC1CCN(C(=O)c2c(F)cc(OC(F)F)cc2F)CC1O. The number of carbonyl (C=O) groups excluding carboxylic acids is 1. The third kappa shape index (κ3) is 3.49. The van der Waals surface area contributed by atoms with Gasteiger partial charge >= 0.3 is 6.61 Å². The molecule has 1 saturated heterocycles. The van der Waals surface area contributed by atoms with Crippen molar-refractivity contribution in [2.45, 2.75) is 26.1 Å². The number of carbonyl (C=O) groups is 1. The number of β-amino-alcohol motifs (C(OH)–C–C–N with tert-alkyl or cyclic N) is 1. The molecule has 1 amide bonds. The molecule has 1 aromatic carbocycles. The van der Waals surface area contributed by atoms with Gasteiger partial charge in [-0.05, 0) is 12.3 Å². The first-order chi connectivity index (χ1) is 10.3. The first-order valence-electron chi connectivity index (χ1n) is 6.70. The lowest BCUT2D eigenvalue weighted by Gasteiger charge is -2.34. The van der Waals surface area contributed by atoms with Crippen molar-refractivity contribution in [3.05, 3.63) is 29.3 Å². The fraction of sp³-hybridized carbons (Fsp3) is 0.500. The molecule has 2 atom stereocenters. The number of halogens is 4. The van der Waals surface area contributed by atoms with Crippen LogP contribution in [-0.4, -0.2) is 41.7 Å². The van der Waals surface area contributed by atoms with E-state index in [0.717, 1.165) is 4.90 Å². The van der Waals surface area contributed by atoms with E-state index in [2.05, 4.69) is 4.74 Å². The van der Waals surface area contributed by atoms with Crippen LogP contribution in [-0.2, 0) is 0 Å². The number of aliphatic hydroxyl groups excluding tert-OH is 1. The number of rotatable bonds is 3. The minimum atomic E-state index is -3.22. The van der Waals surface area contributed by atoms with Crippen LogP contribution in [0.1, 0.15) is 23.7 Å². The number of ether oxygens (including phenoxy) is 1. The van der Waals surface area contributed by atoms with Gasteiger partial charge in [-0.25, -0.2) is 8.78 Å². The highest BCUT2D eigenvalue weighted by molar-refractivity contribution is 5.95. The van der Waals surface area contributed by atoms with Gasteiger partial charge < -0.3 is 14.7 Å². The van der Waals surface area contributed by atoms with Gasteiger partial charge in [-0.3, -0.25) is 4.79 Å². The summed E-state index contributed by atoms with van der Waals surface area (Å²) in [5.41, 5.74) is -0.844. The molecule has 22 heavy (non-hydrogen) atoms. The summed E-state index contributed by atoms with van der Waals surface area (Å²) in [6, 6.07) is 1.07. The summed E-state index contributed by atoms with van der Waals surface area (Å²) in [4.78, 5) is 13.3. The summed E-state index contributed by atoms with van der Waals surface area (Å²) < 4.78 is 55.7. The summed E-state index contributed by atoms with van der Waals surface area (Å²) in [5, 5.41) is 9.74. The zero-order valence-corrected chi connectivity index (χ0v) is 11.7. The van der Waals surface area contributed by atoms with Crippen LogP contribution in [0, 0.1) is 17.6 Å². The van der Waals surface area contributed by atoms with E-state index >= 15 is 0 Å². The molecule has 0 bridgehead atoms. The topological polar surface area (TPSA) is 49.8 Å². The number of hydrogen-bond acceptors (Lipinski definition) is 3. The van der Waals surface area contributed by atoms with Gasteiger partial charge in [-0.15, -0.1) is 0 Å². The molecule has 1 fully saturated rings. The van der Waals surface area contributed by atoms with Crippen molar-refractivity contribution < 1.29 is 32.2 Å². The van der Waals surface area contributed by atoms with E-state index in [9.17, 15) is 27.5 Å². The Kier molecular flexibility index (Phi) is 4.90. The second-order valence-corrected chi connectivity index (χ2v) is 5.22. The summed E-state index contributed by atoms with van der Waals surface area (Å²) in [5.74, 6) is -4.21. The first-order valence-corrected chi connectivity index (χ1v) is 6.70. The molecule has 1 aliphatic rings. The highest BCUT2D eigenvalue weighted by Gasteiger charge is 2.31. The molecular formula is C14H15F4NO3. The zero-order chi connectivity index (χ0) is 16.4. The Hall–Kier alpha value is -1.83. The van der Waals surface area contributed by atoms with E-state index < -0.39 is 41.6 Å². The van der Waals surface area contributed by atoms with Crippen LogP contribution in [0.25, 0.3) is 0 Å². The fourth-order valence-corrected chi connectivity index (χ4v) is 2.32. The Morgan fingerprint density at radius 1 is 1.36 bits per heavy atom. The molecule has 0 aliphatic carbocycles. The second-order valence-electron chi connectivity index (χ2n) is 5.22. The van der Waals surface area contributed by atoms with Crippen molar-refractivity contribution in [2.75, 3.05) is 13.1 Å². The Morgan fingerprint density at radius 2 is 1.95 bits per heavy atom. The van der Waals surface area contributed by atoms with E-state index in [1.807, 2.05) is 6.92 Å². The zero-order valence-electron chi connectivity index (χ0n) is 11.7. The number of likely N-dealkylation sites (tertiary alicyclic amines) is 1. The molecule has 2 unspecified atom stereocenters. The maximum Gasteiger partial charge on any atom is 0.387 e. The Morgan fingerprint density at radius 3 is 2.45 bits per heavy atom. The number of aliphatic hydroxyl groups is 1. The Balaban J connectivity index is 2.23. The maximum atomic E-state index is 13.9. The first kappa shape index (κ1) is 16.5. The van der Waals surface area contributed by atoms with E-state index in [4.69, 9.17) is 0 Å². The van der Waals surface area contributed by atoms with Crippen molar-refractivity contribution in [1.82, 2.24) is 4.90 Å². The summed E-state index contributed by atoms with van der Waals surface area (Å²) in [7, 11) is 0. The van der Waals surface area contributed by atoms with Gasteiger partial charge in [0, 0.05) is 25.2 Å². The molecule has 0 radical (unpaired) electrons. The largest absolute Gasteiger partial charge is 0.435 e. The van der Waals surface area contributed by atoms with Gasteiger partial charge in [-0.2, -0.15) is 8.78 Å². The van der Waals surface area contributed by atoms with Gasteiger partial charge in [0.25, 0.3) is 5.91 Å². The van der Waals surface area contributed by atoms with Crippen molar-refractivity contribution in [1.29, 1.82) is 0 Å². The monoisotopic (exact) mass is 321 g/mol. The molecule has 0 spiro atoms. The van der Waals surface area contributed by atoms with Crippen molar-refractivity contribution in [3.63, 3.8) is 0 Å². The van der Waals surface area contributed by atoms with Gasteiger partial charge in [0.1, 0.15) is 22.9 Å². The summed E-state index contributed by atoms with van der Waals surface area (Å²) >= 11 is 0. The van der Waals surface area contributed by atoms with E-state index in [1.165, 1.54) is 0 Å². The average molecular weight is 321 g/mol. The van der Waals surface area contributed by atoms with Crippen molar-refractivity contribution >= 4 is 5.91 Å². The molecule has 1 heterocycles. The molecule has 2 rings (SSSR count). The highest BCUT2D eigenvalue weighted by atomic mass is 19.3. The van der Waals surface area contributed by atoms with Gasteiger partial charge in [0.05, 0.1) is 6.10 Å². The molecular weight excluding hydrogens is 306 g/mol. The Labute approximate surface area is 124 Å². The summed E-state index contributed by atoms with van der Waals surface area (Å²) in [6.07, 6.45) is -0.270. The second kappa shape index (κ2) is 6.51. The molecule has 1 aliphatic heterocycles. The van der Waals surface area contributed by atoms with Gasteiger partial charge in [0.15, 0.2) is 0 Å². The molecule has 122 valence electrons. The normalized spacial score (nSPS) is 22.0. The number of amides is 1. The predicted octanol–water partition coefficient (Wildman–Crippen LogP) is 2.41. The van der Waals surface area contributed by atoms with Crippen molar-refractivity contribution in [2.24, 2.45) is 5.92 Å². The van der Waals surface area contributed by atoms with Crippen LogP contribution in [0.5, 0.6) is 5.75 Å². The third-order valence-electron chi connectivity index (χ3n) is 3.66. The van der Waals surface area contributed by atoms with Crippen LogP contribution in [0.4, 0.5) is 17.6 Å². The number of piperidine rings is 1. The predicted molar refractivity (Wildman–Crippen MR) is 68.7 cm³/mol. The van der Waals surface area contributed by atoms with E-state index in [0.29, 0.717) is 18.6 Å². The lowest BCUT2D eigenvalue weighted by molar-refractivity contribution is -0.0501. The minimum absolute atomic E-state index is 0.0134. The molecule has 0 saturated carbocycles. The summed E-state index contributed by atoms with van der Waals surface area (Å²) in [6.45, 7) is -1.19. The standard InChI is InChI=1S/C14H15F4NO3/c1-7-2-3-19(6-11(7)20)13(21)12-9(15)4-8(5-10(12)16)22-14(17)18/h4-5,7,11,14,20H,2-3,6H2,1H3. The lowest BCUT2D eigenvalue weighted by atomic mass is 9.95. The van der Waals surface area contributed by atoms with Gasteiger partial charge in [-0.1, -0.05) is 6.92 Å². The lowest BCUT2D eigenvalue weighted by Crippen LogP contribution is -2.46. The van der Waals surface area contributed by atoms with Gasteiger partial charge in [0.2, 0.25) is 0 Å². The Bertz CT molecular complexity index is 544.